The number of rotatable bonds is 3. The molecule has 0 fully saturated rings. The number of hydrogen-bond donors (Lipinski definition) is 1. The topological polar surface area (TPSA) is 12.0 Å². The van der Waals surface area contributed by atoms with Gasteiger partial charge in [0, 0.05) is 0 Å². The fourth-order valence-electron chi connectivity index (χ4n) is 0.244. The van der Waals surface area contributed by atoms with Crippen LogP contribution in [0.25, 0.3) is 0 Å². The van der Waals surface area contributed by atoms with Gasteiger partial charge in [-0.1, -0.05) is 0 Å². The minimum absolute atomic E-state index is 0. The van der Waals surface area contributed by atoms with Crippen molar-refractivity contribution in [3.8, 4) is 0 Å². The molecule has 0 atom stereocenters. The molecule has 0 aliphatic carbocycles. The van der Waals surface area contributed by atoms with Crippen LogP contribution < -0.4 is 5.32 Å². The van der Waals surface area contributed by atoms with Crippen LogP contribution in [0.15, 0.2) is 0 Å². The third-order valence-corrected chi connectivity index (χ3v) is 0.560. The maximum atomic E-state index is 11.1. The number of nitrogens with one attached hydrogen (secondary N) is 1. The second kappa shape index (κ2) is 9.49. The van der Waals surface area contributed by atoms with E-state index < -0.39 is 0 Å². The van der Waals surface area contributed by atoms with Crippen molar-refractivity contribution in [2.24, 2.45) is 0 Å². The molecule has 0 radical (unpaired) electrons. The third-order valence-electron chi connectivity index (χ3n) is 0.560. The van der Waals surface area contributed by atoms with Crippen LogP contribution in [-0.2, 0) is 0 Å². The van der Waals surface area contributed by atoms with E-state index in [4.69, 9.17) is 0 Å². The van der Waals surface area contributed by atoms with E-state index in [0.29, 0.717) is 6.42 Å². The lowest BCUT2D eigenvalue weighted by Gasteiger charge is -1.87. The highest BCUT2D eigenvalue weighted by Crippen LogP contribution is 1.72. The summed E-state index contributed by atoms with van der Waals surface area (Å²) in [5.74, 6) is 0. The molecule has 0 aliphatic heterocycles. The summed E-state index contributed by atoms with van der Waals surface area (Å²) in [6.07, 6.45) is 0.635. The number of halogens is 2. The van der Waals surface area contributed by atoms with Crippen LogP contribution in [-0.4, -0.2) is 20.3 Å². The molecule has 0 amide bonds. The molecule has 0 spiro atoms. The molecule has 0 heterocycles. The molecule has 0 saturated carbocycles. The van der Waals surface area contributed by atoms with Crippen molar-refractivity contribution in [2.75, 3.05) is 20.3 Å². The van der Waals surface area contributed by atoms with Crippen LogP contribution in [0.5, 0.6) is 0 Å². The van der Waals surface area contributed by atoms with E-state index in [9.17, 15) is 4.39 Å². The van der Waals surface area contributed by atoms with Gasteiger partial charge < -0.3 is 5.32 Å². The molecule has 0 aromatic carbocycles. The molecule has 1 nitrogen and oxygen atoms in total. The number of hydrogen-bond acceptors (Lipinski definition) is 1. The lowest BCUT2D eigenvalue weighted by atomic mass is 10.5. The average molecular weight is 128 g/mol. The van der Waals surface area contributed by atoms with Crippen molar-refractivity contribution < 1.29 is 4.39 Å². The van der Waals surface area contributed by atoms with Crippen molar-refractivity contribution in [2.45, 2.75) is 6.42 Å². The van der Waals surface area contributed by atoms with Crippen molar-refractivity contribution in [1.29, 1.82) is 0 Å². The first-order chi connectivity index (χ1) is 2.91. The maximum absolute atomic E-state index is 11.1. The SMILES string of the molecule is CNCCCF.Cl. The Labute approximate surface area is 49.7 Å². The van der Waals surface area contributed by atoms with Crippen LogP contribution in [0, 0.1) is 0 Å². The monoisotopic (exact) mass is 127 g/mol. The zero-order chi connectivity index (χ0) is 4.83. The van der Waals surface area contributed by atoms with E-state index in [1.165, 1.54) is 0 Å². The predicted octanol–water partition coefficient (Wildman–Crippen LogP) is 0.987. The van der Waals surface area contributed by atoms with Gasteiger partial charge in [0.25, 0.3) is 0 Å². The van der Waals surface area contributed by atoms with Gasteiger partial charge >= 0.3 is 0 Å². The molecule has 0 saturated heterocycles. The summed E-state index contributed by atoms with van der Waals surface area (Å²) in [6.45, 7) is 0.581. The molecule has 0 rings (SSSR count). The van der Waals surface area contributed by atoms with Crippen molar-refractivity contribution >= 4 is 12.4 Å². The minimum atomic E-state index is -0.208. The van der Waals surface area contributed by atoms with E-state index in [2.05, 4.69) is 5.32 Å². The van der Waals surface area contributed by atoms with Crippen LogP contribution in [0.1, 0.15) is 6.42 Å². The highest BCUT2D eigenvalue weighted by Gasteiger charge is 1.76. The summed E-state index contributed by atoms with van der Waals surface area (Å²) in [5.41, 5.74) is 0. The summed E-state index contributed by atoms with van der Waals surface area (Å²) in [7, 11) is 1.82. The molecular weight excluding hydrogens is 117 g/mol. The third kappa shape index (κ3) is 10.7. The van der Waals surface area contributed by atoms with E-state index >= 15 is 0 Å². The van der Waals surface area contributed by atoms with Crippen molar-refractivity contribution in [3.63, 3.8) is 0 Å². The average Bonchev–Trinajstić information content (AvgIpc) is 1.61. The van der Waals surface area contributed by atoms with E-state index in [-0.39, 0.29) is 19.1 Å². The van der Waals surface area contributed by atoms with Gasteiger partial charge in [-0.15, -0.1) is 12.4 Å². The van der Waals surface area contributed by atoms with E-state index in [1.54, 1.807) is 0 Å². The van der Waals surface area contributed by atoms with Gasteiger partial charge in [-0.05, 0) is 20.0 Å². The van der Waals surface area contributed by atoms with Crippen molar-refractivity contribution in [1.82, 2.24) is 5.32 Å². The Hall–Kier alpha value is 0.180. The summed E-state index contributed by atoms with van der Waals surface area (Å²) in [6, 6.07) is 0. The van der Waals surface area contributed by atoms with Crippen LogP contribution in [0.2, 0.25) is 0 Å². The summed E-state index contributed by atoms with van der Waals surface area (Å²) in [4.78, 5) is 0. The van der Waals surface area contributed by atoms with Crippen LogP contribution >= 0.6 is 12.4 Å². The first kappa shape index (κ1) is 10.2. The first-order valence-corrected chi connectivity index (χ1v) is 2.12. The Bertz CT molecular complexity index is 23.7. The Balaban J connectivity index is 0. The normalized spacial score (nSPS) is 7.71. The molecule has 1 N–H and O–H groups in total. The molecule has 0 unspecified atom stereocenters. The molecule has 46 valence electrons. The molecule has 7 heavy (non-hydrogen) atoms. The fraction of sp³-hybridized carbons (Fsp3) is 1.00. The van der Waals surface area contributed by atoms with Crippen LogP contribution in [0.4, 0.5) is 4.39 Å². The van der Waals surface area contributed by atoms with Crippen molar-refractivity contribution in [3.05, 3.63) is 0 Å². The van der Waals surface area contributed by atoms with Gasteiger partial charge in [0.15, 0.2) is 0 Å². The summed E-state index contributed by atoms with van der Waals surface area (Å²) >= 11 is 0. The Morgan fingerprint density at radius 1 is 1.57 bits per heavy atom. The highest BCUT2D eigenvalue weighted by atomic mass is 35.5. The molecule has 0 aromatic rings. The van der Waals surface area contributed by atoms with E-state index in [1.807, 2.05) is 7.05 Å². The quantitative estimate of drug-likeness (QED) is 0.558. The minimum Gasteiger partial charge on any atom is -0.320 e. The Morgan fingerprint density at radius 3 is 2.29 bits per heavy atom. The van der Waals surface area contributed by atoms with Crippen LogP contribution in [0.3, 0.4) is 0 Å². The second-order valence-corrected chi connectivity index (χ2v) is 1.15. The summed E-state index contributed by atoms with van der Waals surface area (Å²) in [5, 5.41) is 2.83. The molecular formula is C4H11ClFN. The number of alkyl halides is 1. The Kier molecular flexibility index (Phi) is 13.9. The molecule has 3 heteroatoms. The van der Waals surface area contributed by atoms with Gasteiger partial charge in [0.2, 0.25) is 0 Å². The Morgan fingerprint density at radius 2 is 2.14 bits per heavy atom. The van der Waals surface area contributed by atoms with Gasteiger partial charge in [-0.25, -0.2) is 0 Å². The predicted molar refractivity (Wildman–Crippen MR) is 31.8 cm³/mol. The standard InChI is InChI=1S/C4H10FN.ClH/c1-6-4-2-3-5;/h6H,2-4H2,1H3;1H. The lowest BCUT2D eigenvalue weighted by Crippen LogP contribution is -2.07. The summed E-state index contributed by atoms with van der Waals surface area (Å²) < 4.78 is 11.1. The zero-order valence-electron chi connectivity index (χ0n) is 4.41. The largest absolute Gasteiger partial charge is 0.320 e. The second-order valence-electron chi connectivity index (χ2n) is 1.15. The zero-order valence-corrected chi connectivity index (χ0v) is 5.22. The highest BCUT2D eigenvalue weighted by molar-refractivity contribution is 5.85. The molecule has 0 aromatic heterocycles. The van der Waals surface area contributed by atoms with Gasteiger partial charge in [-0.2, -0.15) is 0 Å². The molecule has 0 aliphatic rings. The van der Waals surface area contributed by atoms with E-state index in [0.717, 1.165) is 6.54 Å². The van der Waals surface area contributed by atoms with Gasteiger partial charge in [0.05, 0.1) is 6.67 Å². The maximum Gasteiger partial charge on any atom is 0.0906 e. The lowest BCUT2D eigenvalue weighted by molar-refractivity contribution is 0.466. The first-order valence-electron chi connectivity index (χ1n) is 2.12. The fourth-order valence-corrected chi connectivity index (χ4v) is 0.244. The smallest absolute Gasteiger partial charge is 0.0906 e. The molecule has 0 bridgehead atoms. The van der Waals surface area contributed by atoms with Gasteiger partial charge in [0.1, 0.15) is 0 Å². The van der Waals surface area contributed by atoms with Gasteiger partial charge in [-0.3, -0.25) is 4.39 Å².